The third-order valence-electron chi connectivity index (χ3n) is 5.22. The van der Waals surface area contributed by atoms with E-state index in [2.05, 4.69) is 51.4 Å². The van der Waals surface area contributed by atoms with Crippen LogP contribution in [0.15, 0.2) is 35.0 Å². The lowest BCUT2D eigenvalue weighted by Crippen LogP contribution is -2.23. The highest BCUT2D eigenvalue weighted by molar-refractivity contribution is 5.62. The van der Waals surface area contributed by atoms with E-state index in [1.165, 1.54) is 28.7 Å². The van der Waals surface area contributed by atoms with Gasteiger partial charge in [0.25, 0.3) is 0 Å². The van der Waals surface area contributed by atoms with E-state index in [1.54, 1.807) is 0 Å². The molecule has 1 fully saturated rings. The highest BCUT2D eigenvalue weighted by Crippen LogP contribution is 2.37. The fraction of sp³-hybridized carbons (Fsp3) is 0.400. The summed E-state index contributed by atoms with van der Waals surface area (Å²) in [4.78, 5) is 2.52. The second kappa shape index (κ2) is 6.48. The lowest BCUT2D eigenvalue weighted by molar-refractivity contribution is 0.246. The summed E-state index contributed by atoms with van der Waals surface area (Å²) in [5.41, 5.74) is 7.08. The summed E-state index contributed by atoms with van der Waals surface area (Å²) in [7, 11) is 0. The van der Waals surface area contributed by atoms with E-state index in [1.807, 2.05) is 20.0 Å². The van der Waals surface area contributed by atoms with Crippen LogP contribution in [0, 0.1) is 20.8 Å². The molecule has 0 unspecified atom stereocenters. The van der Waals surface area contributed by atoms with Crippen molar-refractivity contribution < 1.29 is 4.52 Å². The Hall–Kier alpha value is -2.40. The number of rotatable bonds is 4. The number of aromatic amines is 1. The lowest BCUT2D eigenvalue weighted by atomic mass is 10.0. The summed E-state index contributed by atoms with van der Waals surface area (Å²) < 4.78 is 5.40. The number of nitrogens with zero attached hydrogens (tertiary/aromatic N) is 3. The maximum Gasteiger partial charge on any atom is 0.138 e. The summed E-state index contributed by atoms with van der Waals surface area (Å²) in [6.07, 6.45) is 4.31. The first-order valence-electron chi connectivity index (χ1n) is 8.89. The average molecular weight is 336 g/mol. The van der Waals surface area contributed by atoms with Gasteiger partial charge < -0.3 is 4.52 Å². The van der Waals surface area contributed by atoms with Gasteiger partial charge in [0.15, 0.2) is 0 Å². The third kappa shape index (κ3) is 3.00. The van der Waals surface area contributed by atoms with Crippen molar-refractivity contribution in [3.8, 4) is 11.3 Å². The minimum absolute atomic E-state index is 0.381. The van der Waals surface area contributed by atoms with Gasteiger partial charge in [-0.05, 0) is 45.7 Å². The topological polar surface area (TPSA) is 58.0 Å². The molecule has 4 rings (SSSR count). The van der Waals surface area contributed by atoms with Crippen LogP contribution in [0.2, 0.25) is 0 Å². The molecule has 3 heterocycles. The Balaban J connectivity index is 1.60. The predicted octanol–water partition coefficient (Wildman–Crippen LogP) is 4.33. The van der Waals surface area contributed by atoms with Crippen LogP contribution < -0.4 is 0 Å². The fourth-order valence-corrected chi connectivity index (χ4v) is 3.93. The molecule has 0 bridgehead atoms. The lowest BCUT2D eigenvalue weighted by Gasteiger charge is -2.24. The number of likely N-dealkylation sites (tertiary alicyclic amines) is 1. The van der Waals surface area contributed by atoms with E-state index in [4.69, 9.17) is 4.52 Å². The molecular formula is C20H24N4O. The summed E-state index contributed by atoms with van der Waals surface area (Å²) >= 11 is 0. The first-order valence-corrected chi connectivity index (χ1v) is 8.89. The van der Waals surface area contributed by atoms with E-state index in [9.17, 15) is 0 Å². The van der Waals surface area contributed by atoms with Gasteiger partial charge in [0.2, 0.25) is 0 Å². The molecule has 1 atom stereocenters. The SMILES string of the molecule is Cc1ccc(-c2[nH]ncc2CN2CCC[C@H]2c2c(C)noc2C)cc1. The largest absolute Gasteiger partial charge is 0.361 e. The van der Waals surface area contributed by atoms with Gasteiger partial charge in [-0.2, -0.15) is 5.10 Å². The summed E-state index contributed by atoms with van der Waals surface area (Å²) in [6, 6.07) is 8.97. The number of hydrogen-bond acceptors (Lipinski definition) is 4. The number of aromatic nitrogens is 3. The molecule has 0 saturated carbocycles. The molecule has 2 aromatic heterocycles. The maximum absolute atomic E-state index is 5.40. The highest BCUT2D eigenvalue weighted by Gasteiger charge is 2.31. The van der Waals surface area contributed by atoms with E-state index >= 15 is 0 Å². The normalized spacial score (nSPS) is 18.1. The Kier molecular flexibility index (Phi) is 4.17. The smallest absolute Gasteiger partial charge is 0.138 e. The van der Waals surface area contributed by atoms with Crippen molar-refractivity contribution in [2.45, 2.75) is 46.2 Å². The quantitative estimate of drug-likeness (QED) is 0.770. The van der Waals surface area contributed by atoms with Crippen molar-refractivity contribution in [2.24, 2.45) is 0 Å². The zero-order valence-corrected chi connectivity index (χ0v) is 15.0. The Labute approximate surface area is 148 Å². The van der Waals surface area contributed by atoms with Crippen LogP contribution in [0.25, 0.3) is 11.3 Å². The summed E-state index contributed by atoms with van der Waals surface area (Å²) in [5.74, 6) is 0.945. The van der Waals surface area contributed by atoms with Crippen LogP contribution in [-0.4, -0.2) is 26.8 Å². The molecule has 0 amide bonds. The molecule has 25 heavy (non-hydrogen) atoms. The molecule has 5 nitrogen and oxygen atoms in total. The van der Waals surface area contributed by atoms with Gasteiger partial charge >= 0.3 is 0 Å². The average Bonchev–Trinajstić information content (AvgIpc) is 3.31. The molecular weight excluding hydrogens is 312 g/mol. The molecule has 0 aliphatic carbocycles. The minimum Gasteiger partial charge on any atom is -0.361 e. The van der Waals surface area contributed by atoms with Crippen LogP contribution in [0.3, 0.4) is 0 Å². The van der Waals surface area contributed by atoms with Gasteiger partial charge in [-0.25, -0.2) is 0 Å². The third-order valence-corrected chi connectivity index (χ3v) is 5.22. The Morgan fingerprint density at radius 1 is 1.20 bits per heavy atom. The monoisotopic (exact) mass is 336 g/mol. The number of aryl methyl sites for hydroxylation is 3. The van der Waals surface area contributed by atoms with Gasteiger partial charge in [-0.1, -0.05) is 35.0 Å². The second-order valence-electron chi connectivity index (χ2n) is 7.00. The van der Waals surface area contributed by atoms with Crippen LogP contribution in [0.5, 0.6) is 0 Å². The standard InChI is InChI=1S/C20H24N4O/c1-13-6-8-16(9-7-13)20-17(11-21-22-20)12-24-10-4-5-18(24)19-14(2)23-25-15(19)3/h6-9,11,18H,4-5,10,12H2,1-3H3,(H,21,22)/t18-/m0/s1. The molecule has 130 valence electrons. The Bertz CT molecular complexity index is 843. The van der Waals surface area contributed by atoms with Crippen LogP contribution in [0.4, 0.5) is 0 Å². The van der Waals surface area contributed by atoms with Gasteiger partial charge in [-0.15, -0.1) is 0 Å². The Morgan fingerprint density at radius 2 is 2.00 bits per heavy atom. The first-order chi connectivity index (χ1) is 12.1. The molecule has 1 saturated heterocycles. The van der Waals surface area contributed by atoms with Crippen molar-refractivity contribution in [3.63, 3.8) is 0 Å². The number of nitrogens with one attached hydrogen (secondary N) is 1. The second-order valence-corrected chi connectivity index (χ2v) is 7.00. The highest BCUT2D eigenvalue weighted by atomic mass is 16.5. The molecule has 1 aromatic carbocycles. The number of hydrogen-bond donors (Lipinski definition) is 1. The van der Waals surface area contributed by atoms with Gasteiger partial charge in [0, 0.05) is 23.7 Å². The van der Waals surface area contributed by atoms with Crippen molar-refractivity contribution >= 4 is 0 Å². The van der Waals surface area contributed by atoms with Crippen LogP contribution in [-0.2, 0) is 6.54 Å². The van der Waals surface area contributed by atoms with E-state index in [0.29, 0.717) is 6.04 Å². The van der Waals surface area contributed by atoms with Gasteiger partial charge in [0.05, 0.1) is 17.6 Å². The minimum atomic E-state index is 0.381. The molecule has 3 aromatic rings. The molecule has 0 radical (unpaired) electrons. The van der Waals surface area contributed by atoms with Gasteiger partial charge in [0.1, 0.15) is 5.76 Å². The molecule has 1 aliphatic rings. The first kappa shape index (κ1) is 16.1. The summed E-state index contributed by atoms with van der Waals surface area (Å²) in [6.45, 7) is 8.14. The van der Waals surface area contributed by atoms with E-state index < -0.39 is 0 Å². The van der Waals surface area contributed by atoms with Gasteiger partial charge in [-0.3, -0.25) is 10.00 Å². The van der Waals surface area contributed by atoms with Crippen molar-refractivity contribution in [2.75, 3.05) is 6.54 Å². The van der Waals surface area contributed by atoms with Crippen LogP contribution in [0.1, 0.15) is 47.0 Å². The maximum atomic E-state index is 5.40. The number of H-pyrrole nitrogens is 1. The summed E-state index contributed by atoms with van der Waals surface area (Å²) in [5, 5.41) is 11.6. The molecule has 5 heteroatoms. The molecule has 0 spiro atoms. The predicted molar refractivity (Wildman–Crippen MR) is 97.1 cm³/mol. The van der Waals surface area contributed by atoms with Crippen molar-refractivity contribution in [1.29, 1.82) is 0 Å². The Morgan fingerprint density at radius 3 is 2.72 bits per heavy atom. The molecule has 1 N–H and O–H groups in total. The zero-order valence-electron chi connectivity index (χ0n) is 15.0. The number of benzene rings is 1. The van der Waals surface area contributed by atoms with Crippen molar-refractivity contribution in [1.82, 2.24) is 20.3 Å². The van der Waals surface area contributed by atoms with Crippen molar-refractivity contribution in [3.05, 3.63) is 58.6 Å². The van der Waals surface area contributed by atoms with E-state index in [-0.39, 0.29) is 0 Å². The molecule has 1 aliphatic heterocycles. The van der Waals surface area contributed by atoms with Crippen LogP contribution >= 0.6 is 0 Å². The van der Waals surface area contributed by atoms with E-state index in [0.717, 1.165) is 36.7 Å². The fourth-order valence-electron chi connectivity index (χ4n) is 3.93. The zero-order chi connectivity index (χ0) is 17.4.